The van der Waals surface area contributed by atoms with Gasteiger partial charge in [0.25, 0.3) is 0 Å². The summed E-state index contributed by atoms with van der Waals surface area (Å²) in [6, 6.07) is 5.30. The quantitative estimate of drug-likeness (QED) is 0.811. The van der Waals surface area contributed by atoms with Crippen LogP contribution in [0.2, 0.25) is 5.02 Å². The molecule has 0 saturated heterocycles. The zero-order valence-corrected chi connectivity index (χ0v) is 12.7. The first kappa shape index (κ1) is 17.1. The fourth-order valence-corrected chi connectivity index (χ4v) is 3.21. The fraction of sp³-hybridized carbons (Fsp3) is 0.308. The number of carbonyl (C=O) groups excluding carboxylic acids is 1. The molecule has 0 aromatic heterocycles. The molecule has 0 aliphatic rings. The molecule has 6 nitrogen and oxygen atoms in total. The molecule has 112 valence electrons. The van der Waals surface area contributed by atoms with E-state index in [1.165, 1.54) is 13.0 Å². The molecule has 0 saturated carbocycles. The number of hydrogen-bond donors (Lipinski definition) is 2. The standard InChI is InChI=1S/C13H13ClN2O4S/c1-8(17)16-12(13(18)19)7-21(20)6-10-3-2-9(5-15)4-11(10)14/h2-4,12H,6-7H2,1H3,(H,16,17)(H,18,19). The zero-order chi connectivity index (χ0) is 16.0. The molecule has 1 aromatic rings. The molecule has 8 heteroatoms. The number of aliphatic carboxylic acids is 1. The Hall–Kier alpha value is -1.91. The van der Waals surface area contributed by atoms with Crippen LogP contribution in [0.15, 0.2) is 18.2 Å². The molecule has 1 amide bonds. The van der Waals surface area contributed by atoms with Crippen molar-refractivity contribution in [1.29, 1.82) is 5.26 Å². The van der Waals surface area contributed by atoms with E-state index < -0.39 is 28.7 Å². The Labute approximate surface area is 129 Å². The molecule has 0 radical (unpaired) electrons. The van der Waals surface area contributed by atoms with Gasteiger partial charge in [0, 0.05) is 22.7 Å². The van der Waals surface area contributed by atoms with Gasteiger partial charge in [0.15, 0.2) is 0 Å². The molecule has 0 bridgehead atoms. The zero-order valence-electron chi connectivity index (χ0n) is 11.1. The second-order valence-corrected chi connectivity index (χ2v) is 6.17. The third kappa shape index (κ3) is 5.53. The maximum Gasteiger partial charge on any atom is 0.327 e. The van der Waals surface area contributed by atoms with Gasteiger partial charge in [-0.05, 0) is 17.7 Å². The molecular weight excluding hydrogens is 316 g/mol. The van der Waals surface area contributed by atoms with E-state index in [2.05, 4.69) is 5.32 Å². The maximum atomic E-state index is 12.0. The van der Waals surface area contributed by atoms with Crippen LogP contribution in [0.3, 0.4) is 0 Å². The van der Waals surface area contributed by atoms with Gasteiger partial charge in [-0.15, -0.1) is 0 Å². The van der Waals surface area contributed by atoms with Crippen LogP contribution >= 0.6 is 11.6 Å². The van der Waals surface area contributed by atoms with Crippen LogP contribution in [-0.2, 0) is 26.1 Å². The normalized spacial score (nSPS) is 13.0. The molecule has 0 spiro atoms. The molecule has 0 aliphatic carbocycles. The van der Waals surface area contributed by atoms with Gasteiger partial charge in [0.1, 0.15) is 6.04 Å². The maximum absolute atomic E-state index is 12.0. The van der Waals surface area contributed by atoms with Crippen LogP contribution in [-0.4, -0.2) is 33.0 Å². The molecule has 21 heavy (non-hydrogen) atoms. The van der Waals surface area contributed by atoms with Crippen LogP contribution in [0.1, 0.15) is 18.1 Å². The number of amides is 1. The lowest BCUT2D eigenvalue weighted by molar-refractivity contribution is -0.140. The number of nitriles is 1. The minimum atomic E-state index is -1.52. The largest absolute Gasteiger partial charge is 0.480 e. The lowest BCUT2D eigenvalue weighted by Crippen LogP contribution is -2.43. The molecule has 0 fully saturated rings. The van der Waals surface area contributed by atoms with E-state index >= 15 is 0 Å². The van der Waals surface area contributed by atoms with Crippen molar-refractivity contribution in [3.63, 3.8) is 0 Å². The van der Waals surface area contributed by atoms with Crippen molar-refractivity contribution in [1.82, 2.24) is 5.32 Å². The monoisotopic (exact) mass is 328 g/mol. The topological polar surface area (TPSA) is 107 Å². The first-order valence-electron chi connectivity index (χ1n) is 5.87. The summed E-state index contributed by atoms with van der Waals surface area (Å²) < 4.78 is 12.0. The fourth-order valence-electron chi connectivity index (χ4n) is 1.57. The van der Waals surface area contributed by atoms with E-state index in [0.717, 1.165) is 0 Å². The SMILES string of the molecule is CC(=O)NC(CS(=O)Cc1ccc(C#N)cc1Cl)C(=O)O. The van der Waals surface area contributed by atoms with Crippen molar-refractivity contribution in [3.05, 3.63) is 34.3 Å². The highest BCUT2D eigenvalue weighted by Gasteiger charge is 2.21. The van der Waals surface area contributed by atoms with Crippen molar-refractivity contribution < 1.29 is 18.9 Å². The van der Waals surface area contributed by atoms with E-state index in [-0.39, 0.29) is 11.5 Å². The minimum absolute atomic E-state index is 0.0495. The molecule has 0 aliphatic heterocycles. The Morgan fingerprint density at radius 3 is 2.67 bits per heavy atom. The highest BCUT2D eigenvalue weighted by Crippen LogP contribution is 2.19. The highest BCUT2D eigenvalue weighted by molar-refractivity contribution is 7.84. The van der Waals surface area contributed by atoms with Gasteiger partial charge in [-0.3, -0.25) is 9.00 Å². The van der Waals surface area contributed by atoms with Crippen molar-refractivity contribution in [3.8, 4) is 6.07 Å². The van der Waals surface area contributed by atoms with Gasteiger partial charge >= 0.3 is 5.97 Å². The number of nitrogens with zero attached hydrogens (tertiary/aromatic N) is 1. The van der Waals surface area contributed by atoms with Crippen molar-refractivity contribution in [2.24, 2.45) is 0 Å². The minimum Gasteiger partial charge on any atom is -0.480 e. The summed E-state index contributed by atoms with van der Waals surface area (Å²) in [6.07, 6.45) is 0. The molecule has 2 N–H and O–H groups in total. The molecule has 1 rings (SSSR count). The van der Waals surface area contributed by atoms with Gasteiger partial charge < -0.3 is 10.4 Å². The molecule has 2 unspecified atom stereocenters. The van der Waals surface area contributed by atoms with E-state index in [1.54, 1.807) is 12.1 Å². The van der Waals surface area contributed by atoms with Crippen LogP contribution in [0.25, 0.3) is 0 Å². The van der Waals surface area contributed by atoms with E-state index in [4.69, 9.17) is 22.0 Å². The van der Waals surface area contributed by atoms with E-state index in [1.807, 2.05) is 6.07 Å². The molecule has 0 heterocycles. The van der Waals surface area contributed by atoms with Crippen molar-refractivity contribution in [2.75, 3.05) is 5.75 Å². The van der Waals surface area contributed by atoms with Gasteiger partial charge in [-0.25, -0.2) is 4.79 Å². The second kappa shape index (κ2) is 7.76. The number of carboxylic acid groups (broad SMARTS) is 1. The van der Waals surface area contributed by atoms with E-state index in [9.17, 15) is 13.8 Å². The highest BCUT2D eigenvalue weighted by atomic mass is 35.5. The van der Waals surface area contributed by atoms with Gasteiger partial charge in [0.05, 0.1) is 23.1 Å². The second-order valence-electron chi connectivity index (χ2n) is 4.26. The first-order valence-corrected chi connectivity index (χ1v) is 7.73. The average molecular weight is 329 g/mol. The summed E-state index contributed by atoms with van der Waals surface area (Å²) in [7, 11) is -1.52. The van der Waals surface area contributed by atoms with Gasteiger partial charge in [-0.1, -0.05) is 17.7 Å². The Morgan fingerprint density at radius 1 is 1.52 bits per heavy atom. The Kier molecular flexibility index (Phi) is 6.34. The summed E-state index contributed by atoms with van der Waals surface area (Å²) in [5.74, 6) is -1.92. The average Bonchev–Trinajstić information content (AvgIpc) is 2.39. The number of rotatable bonds is 6. The number of nitrogens with one attached hydrogen (secondary N) is 1. The molecule has 1 aromatic carbocycles. The van der Waals surface area contributed by atoms with Crippen molar-refractivity contribution >= 4 is 34.3 Å². The van der Waals surface area contributed by atoms with Gasteiger partial charge in [-0.2, -0.15) is 5.26 Å². The summed E-state index contributed by atoms with van der Waals surface area (Å²) in [4.78, 5) is 21.9. The third-order valence-electron chi connectivity index (χ3n) is 2.53. The first-order chi connectivity index (χ1) is 9.83. The van der Waals surface area contributed by atoms with Crippen LogP contribution in [0, 0.1) is 11.3 Å². The van der Waals surface area contributed by atoms with Crippen molar-refractivity contribution in [2.45, 2.75) is 18.7 Å². The Morgan fingerprint density at radius 2 is 2.19 bits per heavy atom. The lowest BCUT2D eigenvalue weighted by Gasteiger charge is -2.13. The number of hydrogen-bond acceptors (Lipinski definition) is 4. The van der Waals surface area contributed by atoms with E-state index in [0.29, 0.717) is 16.1 Å². The Balaban J connectivity index is 2.75. The van der Waals surface area contributed by atoms with Crippen LogP contribution in [0.4, 0.5) is 0 Å². The van der Waals surface area contributed by atoms with Crippen LogP contribution in [0.5, 0.6) is 0 Å². The summed E-state index contributed by atoms with van der Waals surface area (Å²) in [5.41, 5.74) is 0.942. The smallest absolute Gasteiger partial charge is 0.327 e. The number of benzene rings is 1. The lowest BCUT2D eigenvalue weighted by atomic mass is 10.2. The number of halogens is 1. The summed E-state index contributed by atoms with van der Waals surface area (Å²) >= 11 is 5.96. The van der Waals surface area contributed by atoms with Crippen LogP contribution < -0.4 is 5.32 Å². The number of carboxylic acids is 1. The predicted molar refractivity (Wildman–Crippen MR) is 78.1 cm³/mol. The molecular formula is C13H13ClN2O4S. The third-order valence-corrected chi connectivity index (χ3v) is 4.22. The van der Waals surface area contributed by atoms with Gasteiger partial charge in [0.2, 0.25) is 5.91 Å². The Bertz CT molecular complexity index is 627. The summed E-state index contributed by atoms with van der Waals surface area (Å²) in [5, 5.41) is 20.2. The summed E-state index contributed by atoms with van der Waals surface area (Å²) in [6.45, 7) is 1.19. The molecule has 2 atom stereocenters. The number of carbonyl (C=O) groups is 2. The predicted octanol–water partition coefficient (Wildman–Crippen LogP) is 1.05.